The number of benzene rings is 1. The van der Waals surface area contributed by atoms with Gasteiger partial charge in [0.1, 0.15) is 17.2 Å². The molecule has 3 heterocycles. The monoisotopic (exact) mass is 407 g/mol. The molecule has 1 N–H and O–H groups in total. The van der Waals surface area contributed by atoms with Gasteiger partial charge in [-0.3, -0.25) is 14.2 Å². The maximum Gasteiger partial charge on any atom is 0.262 e. The van der Waals surface area contributed by atoms with Crippen molar-refractivity contribution in [3.05, 3.63) is 75.7 Å². The number of carbonyl (C=O) groups excluding carboxylic acids is 1. The van der Waals surface area contributed by atoms with Crippen LogP contribution in [0, 0.1) is 6.92 Å². The van der Waals surface area contributed by atoms with E-state index in [0.717, 1.165) is 22.7 Å². The molecule has 1 amide bonds. The van der Waals surface area contributed by atoms with E-state index in [0.29, 0.717) is 22.4 Å². The number of hydrogen-bond donors (Lipinski definition) is 1. The predicted octanol–water partition coefficient (Wildman–Crippen LogP) is 3.21. The third kappa shape index (κ3) is 4.12. The summed E-state index contributed by atoms with van der Waals surface area (Å²) in [6.07, 6.45) is 5.99. The Kier molecular flexibility index (Phi) is 5.26. The van der Waals surface area contributed by atoms with Gasteiger partial charge in [-0.15, -0.1) is 11.3 Å². The van der Waals surface area contributed by atoms with E-state index in [1.165, 1.54) is 22.2 Å². The third-order valence-corrected chi connectivity index (χ3v) is 5.91. The molecule has 0 radical (unpaired) electrons. The predicted molar refractivity (Wildman–Crippen MR) is 114 cm³/mol. The van der Waals surface area contributed by atoms with Crippen LogP contribution in [-0.2, 0) is 24.3 Å². The van der Waals surface area contributed by atoms with Gasteiger partial charge in [0, 0.05) is 29.5 Å². The fourth-order valence-corrected chi connectivity index (χ4v) is 4.09. The Balaban J connectivity index is 1.48. The Labute approximate surface area is 171 Å². The molecular weight excluding hydrogens is 386 g/mol. The lowest BCUT2D eigenvalue weighted by Crippen LogP contribution is -2.27. The zero-order chi connectivity index (χ0) is 20.4. The number of imidazole rings is 1. The normalized spacial score (nSPS) is 11.1. The molecule has 0 saturated carbocycles. The van der Waals surface area contributed by atoms with Gasteiger partial charge in [0.15, 0.2) is 0 Å². The first-order valence-electron chi connectivity index (χ1n) is 9.38. The van der Waals surface area contributed by atoms with Crippen LogP contribution in [0.1, 0.15) is 23.2 Å². The van der Waals surface area contributed by atoms with Crippen molar-refractivity contribution < 1.29 is 4.79 Å². The summed E-state index contributed by atoms with van der Waals surface area (Å²) in [7, 11) is 0. The van der Waals surface area contributed by atoms with E-state index < -0.39 is 0 Å². The zero-order valence-electron chi connectivity index (χ0n) is 16.3. The van der Waals surface area contributed by atoms with Crippen LogP contribution in [-0.4, -0.2) is 25.0 Å². The molecule has 0 fully saturated rings. The van der Waals surface area contributed by atoms with Crippen molar-refractivity contribution in [2.75, 3.05) is 5.32 Å². The molecule has 0 aliphatic heterocycles. The van der Waals surface area contributed by atoms with Crippen molar-refractivity contribution in [1.82, 2.24) is 19.1 Å². The second-order valence-corrected chi connectivity index (χ2v) is 7.93. The van der Waals surface area contributed by atoms with Gasteiger partial charge < -0.3 is 9.88 Å². The van der Waals surface area contributed by atoms with Crippen LogP contribution in [0.15, 0.2) is 53.8 Å². The fraction of sp³-hybridized carbons (Fsp3) is 0.238. The first kappa shape index (κ1) is 19.1. The van der Waals surface area contributed by atoms with Gasteiger partial charge >= 0.3 is 0 Å². The van der Waals surface area contributed by atoms with Gasteiger partial charge in [-0.1, -0.05) is 19.1 Å². The maximum absolute atomic E-state index is 12.7. The van der Waals surface area contributed by atoms with Gasteiger partial charge in [-0.05, 0) is 37.1 Å². The van der Waals surface area contributed by atoms with Crippen LogP contribution < -0.4 is 10.9 Å². The molecule has 0 spiro atoms. The lowest BCUT2D eigenvalue weighted by molar-refractivity contribution is -0.116. The van der Waals surface area contributed by atoms with Crippen molar-refractivity contribution in [3.63, 3.8) is 0 Å². The highest BCUT2D eigenvalue weighted by atomic mass is 32.1. The number of fused-ring (bicyclic) bond motifs is 1. The van der Waals surface area contributed by atoms with E-state index in [9.17, 15) is 9.59 Å². The quantitative estimate of drug-likeness (QED) is 0.532. The summed E-state index contributed by atoms with van der Waals surface area (Å²) in [5.41, 5.74) is 1.55. The Morgan fingerprint density at radius 3 is 2.83 bits per heavy atom. The summed E-state index contributed by atoms with van der Waals surface area (Å²) >= 11 is 1.51. The number of thiophene rings is 1. The summed E-state index contributed by atoms with van der Waals surface area (Å²) in [6.45, 7) is 4.58. The maximum atomic E-state index is 12.7. The lowest BCUT2D eigenvalue weighted by Gasteiger charge is -2.10. The Hall–Kier alpha value is -3.26. The first-order chi connectivity index (χ1) is 14.0. The highest BCUT2D eigenvalue weighted by Gasteiger charge is 2.11. The number of hydrogen-bond acceptors (Lipinski definition) is 5. The van der Waals surface area contributed by atoms with Gasteiger partial charge in [0.05, 0.1) is 11.7 Å². The number of rotatable bonds is 6. The van der Waals surface area contributed by atoms with Crippen molar-refractivity contribution in [3.8, 4) is 0 Å². The van der Waals surface area contributed by atoms with Gasteiger partial charge in [-0.2, -0.15) is 0 Å². The first-order valence-corrected chi connectivity index (χ1v) is 10.2. The largest absolute Gasteiger partial charge is 0.331 e. The Bertz CT molecular complexity index is 1240. The van der Waals surface area contributed by atoms with Crippen LogP contribution >= 0.6 is 11.3 Å². The van der Waals surface area contributed by atoms with E-state index in [4.69, 9.17) is 0 Å². The second-order valence-electron chi connectivity index (χ2n) is 6.81. The van der Waals surface area contributed by atoms with E-state index in [-0.39, 0.29) is 18.0 Å². The molecule has 0 saturated heterocycles. The number of carbonyl (C=O) groups is 1. The molecule has 0 unspecified atom stereocenters. The Morgan fingerprint density at radius 1 is 1.21 bits per heavy atom. The standard InChI is InChI=1S/C21H21N5O2S/c1-3-17-10-18-20(29-17)23-13-26(21(18)28)12-19(27)24-16-6-4-5-15(9-16)11-25-8-7-22-14(25)2/h4-10,13H,3,11-12H2,1-2H3,(H,24,27). The highest BCUT2D eigenvalue weighted by Crippen LogP contribution is 2.21. The molecule has 8 heteroatoms. The smallest absolute Gasteiger partial charge is 0.262 e. The van der Waals surface area contributed by atoms with Crippen LogP contribution in [0.25, 0.3) is 10.2 Å². The van der Waals surface area contributed by atoms with Crippen molar-refractivity contribution >= 4 is 33.1 Å². The highest BCUT2D eigenvalue weighted by molar-refractivity contribution is 7.18. The molecule has 0 aliphatic carbocycles. The third-order valence-electron chi connectivity index (χ3n) is 4.72. The molecule has 7 nitrogen and oxygen atoms in total. The molecule has 148 valence electrons. The summed E-state index contributed by atoms with van der Waals surface area (Å²) in [5.74, 6) is 0.663. The average molecular weight is 407 g/mol. The molecule has 0 bridgehead atoms. The Morgan fingerprint density at radius 2 is 2.07 bits per heavy atom. The fourth-order valence-electron chi connectivity index (χ4n) is 3.17. The molecular formula is C21H21N5O2S. The summed E-state index contributed by atoms with van der Waals surface area (Å²) in [4.78, 5) is 35.5. The number of anilines is 1. The van der Waals surface area contributed by atoms with Crippen molar-refractivity contribution in [1.29, 1.82) is 0 Å². The molecule has 4 aromatic rings. The number of nitrogens with one attached hydrogen (secondary N) is 1. The summed E-state index contributed by atoms with van der Waals surface area (Å²) in [5, 5.41) is 3.44. The molecule has 3 aromatic heterocycles. The average Bonchev–Trinajstić information content (AvgIpc) is 3.31. The zero-order valence-corrected chi connectivity index (χ0v) is 17.1. The number of nitrogens with zero attached hydrogens (tertiary/aromatic N) is 4. The van der Waals surface area contributed by atoms with Gasteiger partial charge in [0.2, 0.25) is 5.91 Å². The number of aryl methyl sites for hydroxylation is 2. The van der Waals surface area contributed by atoms with Crippen LogP contribution in [0.3, 0.4) is 0 Å². The lowest BCUT2D eigenvalue weighted by atomic mass is 10.2. The molecule has 29 heavy (non-hydrogen) atoms. The van der Waals surface area contributed by atoms with E-state index in [1.54, 1.807) is 6.20 Å². The summed E-state index contributed by atoms with van der Waals surface area (Å²) in [6, 6.07) is 9.52. The van der Waals surface area contributed by atoms with Crippen molar-refractivity contribution in [2.45, 2.75) is 33.4 Å². The van der Waals surface area contributed by atoms with E-state index in [1.807, 2.05) is 54.9 Å². The summed E-state index contributed by atoms with van der Waals surface area (Å²) < 4.78 is 3.38. The minimum absolute atomic E-state index is 0.0794. The molecule has 0 atom stereocenters. The van der Waals surface area contributed by atoms with E-state index in [2.05, 4.69) is 15.3 Å². The minimum atomic E-state index is -0.268. The SMILES string of the molecule is CCc1cc2c(=O)n(CC(=O)Nc3cccc(Cn4ccnc4C)c3)cnc2s1. The van der Waals surface area contributed by atoms with Crippen molar-refractivity contribution in [2.24, 2.45) is 0 Å². The molecule has 4 rings (SSSR count). The minimum Gasteiger partial charge on any atom is -0.331 e. The van der Waals surface area contributed by atoms with Crippen LogP contribution in [0.5, 0.6) is 0 Å². The van der Waals surface area contributed by atoms with E-state index >= 15 is 0 Å². The van der Waals surface area contributed by atoms with Gasteiger partial charge in [0.25, 0.3) is 5.56 Å². The van der Waals surface area contributed by atoms with Gasteiger partial charge in [-0.25, -0.2) is 9.97 Å². The molecule has 0 aliphatic rings. The molecule has 1 aromatic carbocycles. The van der Waals surface area contributed by atoms with Crippen LogP contribution in [0.2, 0.25) is 0 Å². The van der Waals surface area contributed by atoms with Crippen LogP contribution in [0.4, 0.5) is 5.69 Å². The number of amides is 1. The second kappa shape index (κ2) is 8.00. The number of aromatic nitrogens is 4. The topological polar surface area (TPSA) is 81.8 Å².